The number of nitrogens with zero attached hydrogens (tertiary/aromatic N) is 1. The minimum Gasteiger partial charge on any atom is -0.497 e. The molecule has 0 aromatic heterocycles. The van der Waals surface area contributed by atoms with Gasteiger partial charge in [-0.1, -0.05) is 42.5 Å². The summed E-state index contributed by atoms with van der Waals surface area (Å²) in [6.45, 7) is 2.15. The first kappa shape index (κ1) is 20.9. The molecule has 0 fully saturated rings. The number of carbonyl (C=O) groups excluding carboxylic acids is 1. The van der Waals surface area contributed by atoms with Crippen molar-refractivity contribution < 1.29 is 19.0 Å². The Morgan fingerprint density at radius 1 is 0.967 bits per heavy atom. The molecule has 154 valence electrons. The summed E-state index contributed by atoms with van der Waals surface area (Å²) < 4.78 is 16.6. The molecule has 0 radical (unpaired) electrons. The van der Waals surface area contributed by atoms with E-state index in [2.05, 4.69) is 10.5 Å². The minimum atomic E-state index is -0.705. The van der Waals surface area contributed by atoms with E-state index in [1.165, 1.54) is 0 Å². The summed E-state index contributed by atoms with van der Waals surface area (Å²) in [5, 5.41) is 3.97. The van der Waals surface area contributed by atoms with Gasteiger partial charge in [0.1, 0.15) is 23.9 Å². The van der Waals surface area contributed by atoms with Gasteiger partial charge in [0.05, 0.1) is 13.3 Å². The predicted octanol–water partition coefficient (Wildman–Crippen LogP) is 4.19. The van der Waals surface area contributed by atoms with Gasteiger partial charge in [0.15, 0.2) is 6.10 Å². The first-order valence-corrected chi connectivity index (χ1v) is 9.54. The zero-order valence-electron chi connectivity index (χ0n) is 16.9. The fraction of sp³-hybridized carbons (Fsp3) is 0.167. The van der Waals surface area contributed by atoms with E-state index >= 15 is 0 Å². The lowest BCUT2D eigenvalue weighted by atomic mass is 10.2. The first-order chi connectivity index (χ1) is 14.6. The van der Waals surface area contributed by atoms with Crippen molar-refractivity contribution in [3.63, 3.8) is 0 Å². The third-order valence-electron chi connectivity index (χ3n) is 4.24. The van der Waals surface area contributed by atoms with Crippen LogP contribution in [0.5, 0.6) is 17.2 Å². The molecule has 1 atom stereocenters. The van der Waals surface area contributed by atoms with Crippen molar-refractivity contribution in [1.29, 1.82) is 0 Å². The van der Waals surface area contributed by atoms with Crippen molar-refractivity contribution in [2.24, 2.45) is 5.10 Å². The number of hydrogen-bond acceptors (Lipinski definition) is 5. The third-order valence-corrected chi connectivity index (χ3v) is 4.24. The van der Waals surface area contributed by atoms with Crippen molar-refractivity contribution in [3.8, 4) is 17.2 Å². The highest BCUT2D eigenvalue weighted by atomic mass is 16.5. The molecule has 3 aromatic rings. The van der Waals surface area contributed by atoms with Crippen LogP contribution in [0.3, 0.4) is 0 Å². The summed E-state index contributed by atoms with van der Waals surface area (Å²) in [6.07, 6.45) is 0.843. The van der Waals surface area contributed by atoms with Crippen LogP contribution >= 0.6 is 0 Å². The van der Waals surface area contributed by atoms with Gasteiger partial charge in [-0.3, -0.25) is 4.79 Å². The molecular formula is C24H24N2O4. The highest BCUT2D eigenvalue weighted by molar-refractivity contribution is 5.84. The molecule has 0 aliphatic heterocycles. The van der Waals surface area contributed by atoms with Gasteiger partial charge in [0.2, 0.25) is 0 Å². The van der Waals surface area contributed by atoms with E-state index in [1.807, 2.05) is 66.7 Å². The Kier molecular flexibility index (Phi) is 7.44. The maximum atomic E-state index is 12.2. The number of rotatable bonds is 9. The third kappa shape index (κ3) is 6.38. The smallest absolute Gasteiger partial charge is 0.280 e. The SMILES string of the molecule is COc1cccc(/C=N/NC(=O)C(C)Oc2ccc(OCc3ccccc3)cc2)c1. The summed E-state index contributed by atoms with van der Waals surface area (Å²) >= 11 is 0. The number of methoxy groups -OCH3 is 1. The number of amides is 1. The average molecular weight is 404 g/mol. The predicted molar refractivity (Wildman–Crippen MR) is 116 cm³/mol. The van der Waals surface area contributed by atoms with Gasteiger partial charge in [0, 0.05) is 0 Å². The molecule has 0 spiro atoms. The Labute approximate surface area is 176 Å². The van der Waals surface area contributed by atoms with Crippen molar-refractivity contribution in [1.82, 2.24) is 5.43 Å². The van der Waals surface area contributed by atoms with Crippen LogP contribution in [-0.2, 0) is 11.4 Å². The number of benzene rings is 3. The second kappa shape index (κ2) is 10.7. The zero-order chi connectivity index (χ0) is 21.2. The Morgan fingerprint density at radius 2 is 1.70 bits per heavy atom. The van der Waals surface area contributed by atoms with Crippen LogP contribution in [-0.4, -0.2) is 25.3 Å². The molecule has 0 heterocycles. The lowest BCUT2D eigenvalue weighted by Crippen LogP contribution is -2.33. The van der Waals surface area contributed by atoms with E-state index in [1.54, 1.807) is 32.4 Å². The molecule has 1 amide bonds. The topological polar surface area (TPSA) is 69.2 Å². The van der Waals surface area contributed by atoms with Crippen LogP contribution in [0.2, 0.25) is 0 Å². The molecule has 1 N–H and O–H groups in total. The van der Waals surface area contributed by atoms with Gasteiger partial charge in [0.25, 0.3) is 5.91 Å². The number of hydrazone groups is 1. The number of nitrogens with one attached hydrogen (secondary N) is 1. The number of hydrogen-bond donors (Lipinski definition) is 1. The van der Waals surface area contributed by atoms with Crippen LogP contribution in [0, 0.1) is 0 Å². The molecule has 3 aromatic carbocycles. The quantitative estimate of drug-likeness (QED) is 0.429. The summed E-state index contributed by atoms with van der Waals surface area (Å²) in [5.74, 6) is 1.67. The first-order valence-electron chi connectivity index (χ1n) is 9.54. The van der Waals surface area contributed by atoms with Crippen molar-refractivity contribution in [2.75, 3.05) is 7.11 Å². The standard InChI is InChI=1S/C24H24N2O4/c1-18(24(27)26-25-16-20-9-6-10-23(15-20)28-2)30-22-13-11-21(12-14-22)29-17-19-7-4-3-5-8-19/h3-16,18H,17H2,1-2H3,(H,26,27)/b25-16+. The van der Waals surface area contributed by atoms with E-state index < -0.39 is 6.10 Å². The zero-order valence-corrected chi connectivity index (χ0v) is 16.9. The van der Waals surface area contributed by atoms with Gasteiger partial charge >= 0.3 is 0 Å². The van der Waals surface area contributed by atoms with Crippen LogP contribution < -0.4 is 19.6 Å². The van der Waals surface area contributed by atoms with E-state index in [9.17, 15) is 4.79 Å². The van der Waals surface area contributed by atoms with Crippen LogP contribution in [0.25, 0.3) is 0 Å². The molecule has 0 saturated heterocycles. The Balaban J connectivity index is 1.46. The van der Waals surface area contributed by atoms with Gasteiger partial charge < -0.3 is 14.2 Å². The second-order valence-corrected chi connectivity index (χ2v) is 6.52. The normalized spacial score (nSPS) is 11.7. The number of ether oxygens (including phenoxy) is 3. The summed E-state index contributed by atoms with van der Waals surface area (Å²) in [5.41, 5.74) is 4.39. The van der Waals surface area contributed by atoms with Crippen LogP contribution in [0.4, 0.5) is 0 Å². The van der Waals surface area contributed by atoms with Crippen molar-refractivity contribution in [2.45, 2.75) is 19.6 Å². The molecular weight excluding hydrogens is 380 g/mol. The van der Waals surface area contributed by atoms with Gasteiger partial charge in [-0.2, -0.15) is 5.10 Å². The molecule has 0 saturated carbocycles. The Bertz CT molecular complexity index is 972. The molecule has 6 nitrogen and oxygen atoms in total. The van der Waals surface area contributed by atoms with E-state index in [4.69, 9.17) is 14.2 Å². The van der Waals surface area contributed by atoms with Crippen molar-refractivity contribution in [3.05, 3.63) is 90.0 Å². The fourth-order valence-corrected chi connectivity index (χ4v) is 2.60. The Hall–Kier alpha value is -3.80. The molecule has 3 rings (SSSR count). The summed E-state index contributed by atoms with van der Waals surface area (Å²) in [6, 6.07) is 24.5. The highest BCUT2D eigenvalue weighted by Gasteiger charge is 2.14. The molecule has 1 unspecified atom stereocenters. The maximum Gasteiger partial charge on any atom is 0.280 e. The Morgan fingerprint density at radius 3 is 2.43 bits per heavy atom. The highest BCUT2D eigenvalue weighted by Crippen LogP contribution is 2.19. The summed E-state index contributed by atoms with van der Waals surface area (Å²) in [4.78, 5) is 12.2. The van der Waals surface area contributed by atoms with E-state index in [0.717, 1.165) is 22.6 Å². The largest absolute Gasteiger partial charge is 0.497 e. The number of carbonyl (C=O) groups is 1. The van der Waals surface area contributed by atoms with Crippen LogP contribution in [0.1, 0.15) is 18.1 Å². The van der Waals surface area contributed by atoms with E-state index in [-0.39, 0.29) is 5.91 Å². The monoisotopic (exact) mass is 404 g/mol. The average Bonchev–Trinajstić information content (AvgIpc) is 2.79. The molecule has 30 heavy (non-hydrogen) atoms. The molecule has 6 heteroatoms. The maximum absolute atomic E-state index is 12.2. The van der Waals surface area contributed by atoms with Gasteiger partial charge in [-0.25, -0.2) is 5.43 Å². The van der Waals surface area contributed by atoms with Crippen molar-refractivity contribution >= 4 is 12.1 Å². The molecule has 0 aliphatic rings. The summed E-state index contributed by atoms with van der Waals surface area (Å²) in [7, 11) is 1.60. The van der Waals surface area contributed by atoms with Gasteiger partial charge in [-0.15, -0.1) is 0 Å². The second-order valence-electron chi connectivity index (χ2n) is 6.52. The van der Waals surface area contributed by atoms with Crippen LogP contribution in [0.15, 0.2) is 84.0 Å². The van der Waals surface area contributed by atoms with Gasteiger partial charge in [-0.05, 0) is 54.4 Å². The van der Waals surface area contributed by atoms with E-state index in [0.29, 0.717) is 12.4 Å². The fourth-order valence-electron chi connectivity index (χ4n) is 2.60. The molecule has 0 aliphatic carbocycles. The molecule has 0 bridgehead atoms. The lowest BCUT2D eigenvalue weighted by Gasteiger charge is -2.13. The lowest BCUT2D eigenvalue weighted by molar-refractivity contribution is -0.127. The minimum absolute atomic E-state index is 0.349.